The van der Waals surface area contributed by atoms with Crippen molar-refractivity contribution in [3.8, 4) is 6.07 Å². The van der Waals surface area contributed by atoms with Gasteiger partial charge in [-0.3, -0.25) is 4.79 Å². The Balaban J connectivity index is 1.82. The predicted molar refractivity (Wildman–Crippen MR) is 63.1 cm³/mol. The van der Waals surface area contributed by atoms with E-state index >= 15 is 0 Å². The number of hydrogen-bond acceptors (Lipinski definition) is 3. The Morgan fingerprint density at radius 2 is 2.18 bits per heavy atom. The molecule has 4 nitrogen and oxygen atoms in total. The lowest BCUT2D eigenvalue weighted by molar-refractivity contribution is -0.128. The summed E-state index contributed by atoms with van der Waals surface area (Å²) in [7, 11) is 0. The summed E-state index contributed by atoms with van der Waals surface area (Å²) in [4.78, 5) is 12.1. The van der Waals surface area contributed by atoms with Gasteiger partial charge in [0.25, 0.3) is 0 Å². The molecule has 2 aliphatic rings. The van der Waals surface area contributed by atoms with Crippen LogP contribution in [0.2, 0.25) is 0 Å². The van der Waals surface area contributed by atoms with Crippen LogP contribution in [-0.4, -0.2) is 25.7 Å². The summed E-state index contributed by atoms with van der Waals surface area (Å²) >= 11 is 0. The van der Waals surface area contributed by atoms with Gasteiger partial charge in [-0.2, -0.15) is 5.26 Å². The molecule has 1 heterocycles. The molecule has 0 bridgehead atoms. The van der Waals surface area contributed by atoms with Crippen LogP contribution < -0.4 is 5.32 Å². The van der Waals surface area contributed by atoms with E-state index in [4.69, 9.17) is 4.74 Å². The molecule has 0 spiro atoms. The second kappa shape index (κ2) is 5.50. The zero-order chi connectivity index (χ0) is 12.1. The first-order chi connectivity index (χ1) is 8.27. The molecule has 1 aliphatic heterocycles. The zero-order valence-corrected chi connectivity index (χ0v) is 10.2. The molecule has 1 saturated heterocycles. The summed E-state index contributed by atoms with van der Waals surface area (Å²) in [5, 5.41) is 12.1. The lowest BCUT2D eigenvalue weighted by Crippen LogP contribution is -2.41. The standard InChI is InChI=1S/C13H20N2O2/c14-10-13(5-1-2-6-13)12(16)15-8-11-4-3-7-17-9-11/h11H,1-9H2,(H,15,16). The minimum Gasteiger partial charge on any atom is -0.381 e. The van der Waals surface area contributed by atoms with Crippen molar-refractivity contribution in [1.29, 1.82) is 5.26 Å². The van der Waals surface area contributed by atoms with Crippen molar-refractivity contribution in [1.82, 2.24) is 5.32 Å². The third kappa shape index (κ3) is 2.78. The van der Waals surface area contributed by atoms with E-state index in [0.29, 0.717) is 12.5 Å². The largest absolute Gasteiger partial charge is 0.381 e. The van der Waals surface area contributed by atoms with E-state index in [1.54, 1.807) is 0 Å². The molecule has 0 aromatic rings. The van der Waals surface area contributed by atoms with Crippen LogP contribution in [0.25, 0.3) is 0 Å². The number of carbonyl (C=O) groups excluding carboxylic acids is 1. The molecule has 4 heteroatoms. The second-order valence-corrected chi connectivity index (χ2v) is 5.19. The highest BCUT2D eigenvalue weighted by Crippen LogP contribution is 2.37. The lowest BCUT2D eigenvalue weighted by atomic mass is 9.87. The number of nitrogens with one attached hydrogen (secondary N) is 1. The van der Waals surface area contributed by atoms with Gasteiger partial charge in [-0.25, -0.2) is 0 Å². The van der Waals surface area contributed by atoms with Crippen LogP contribution in [-0.2, 0) is 9.53 Å². The first-order valence-corrected chi connectivity index (χ1v) is 6.54. The minimum absolute atomic E-state index is 0.0666. The number of rotatable bonds is 3. The Kier molecular flexibility index (Phi) is 4.01. The molecule has 1 amide bonds. The van der Waals surface area contributed by atoms with Crippen molar-refractivity contribution < 1.29 is 9.53 Å². The van der Waals surface area contributed by atoms with Crippen LogP contribution in [0.15, 0.2) is 0 Å². The Hall–Kier alpha value is -1.08. The average Bonchev–Trinajstić information content (AvgIpc) is 2.87. The summed E-state index contributed by atoms with van der Waals surface area (Å²) < 4.78 is 5.38. The van der Waals surface area contributed by atoms with Crippen LogP contribution in [0.1, 0.15) is 38.5 Å². The van der Waals surface area contributed by atoms with Crippen LogP contribution in [0.3, 0.4) is 0 Å². The van der Waals surface area contributed by atoms with Gasteiger partial charge in [-0.1, -0.05) is 12.8 Å². The topological polar surface area (TPSA) is 62.1 Å². The Morgan fingerprint density at radius 1 is 1.41 bits per heavy atom. The Morgan fingerprint density at radius 3 is 2.76 bits per heavy atom. The Labute approximate surface area is 102 Å². The second-order valence-electron chi connectivity index (χ2n) is 5.19. The smallest absolute Gasteiger partial charge is 0.240 e. The van der Waals surface area contributed by atoms with E-state index < -0.39 is 5.41 Å². The van der Waals surface area contributed by atoms with Crippen LogP contribution in [0.4, 0.5) is 0 Å². The highest BCUT2D eigenvalue weighted by Gasteiger charge is 2.41. The molecule has 0 aromatic carbocycles. The number of carbonyl (C=O) groups is 1. The average molecular weight is 236 g/mol. The fourth-order valence-corrected chi connectivity index (χ4v) is 2.74. The van der Waals surface area contributed by atoms with Crippen molar-refractivity contribution in [3.63, 3.8) is 0 Å². The number of nitriles is 1. The molecule has 17 heavy (non-hydrogen) atoms. The highest BCUT2D eigenvalue weighted by molar-refractivity contribution is 5.85. The molecular formula is C13H20N2O2. The Bertz CT molecular complexity index is 310. The van der Waals surface area contributed by atoms with Crippen molar-refractivity contribution in [2.75, 3.05) is 19.8 Å². The monoisotopic (exact) mass is 236 g/mol. The van der Waals surface area contributed by atoms with E-state index in [0.717, 1.165) is 51.7 Å². The third-order valence-corrected chi connectivity index (χ3v) is 3.91. The van der Waals surface area contributed by atoms with Crippen LogP contribution in [0, 0.1) is 22.7 Å². The fourth-order valence-electron chi connectivity index (χ4n) is 2.74. The normalized spacial score (nSPS) is 27.4. The summed E-state index contributed by atoms with van der Waals surface area (Å²) in [5.41, 5.74) is -0.741. The van der Waals surface area contributed by atoms with Gasteiger partial charge in [0.2, 0.25) is 5.91 Å². The number of hydrogen-bond donors (Lipinski definition) is 1. The van der Waals surface area contributed by atoms with E-state index in [1.165, 1.54) is 0 Å². The maximum absolute atomic E-state index is 12.1. The van der Waals surface area contributed by atoms with Gasteiger partial charge in [-0.05, 0) is 31.6 Å². The minimum atomic E-state index is -0.741. The molecule has 2 fully saturated rings. The van der Waals surface area contributed by atoms with Gasteiger partial charge in [-0.15, -0.1) is 0 Å². The first-order valence-electron chi connectivity index (χ1n) is 6.54. The summed E-state index contributed by atoms with van der Waals surface area (Å²) in [6.45, 7) is 2.23. The number of ether oxygens (including phenoxy) is 1. The predicted octanol–water partition coefficient (Wildman–Crippen LogP) is 1.61. The summed E-state index contributed by atoms with van der Waals surface area (Å²) in [6.07, 6.45) is 5.61. The SMILES string of the molecule is N#CC1(C(=O)NCC2CCCOC2)CCCC1. The van der Waals surface area contributed by atoms with Gasteiger partial charge in [0.15, 0.2) is 0 Å². The van der Waals surface area contributed by atoms with Crippen LogP contribution >= 0.6 is 0 Å². The fraction of sp³-hybridized carbons (Fsp3) is 0.846. The quantitative estimate of drug-likeness (QED) is 0.809. The molecular weight excluding hydrogens is 216 g/mol. The maximum atomic E-state index is 12.1. The van der Waals surface area contributed by atoms with E-state index in [9.17, 15) is 10.1 Å². The highest BCUT2D eigenvalue weighted by atomic mass is 16.5. The maximum Gasteiger partial charge on any atom is 0.240 e. The van der Waals surface area contributed by atoms with Crippen molar-refractivity contribution in [2.24, 2.45) is 11.3 Å². The molecule has 0 radical (unpaired) electrons. The molecule has 2 rings (SSSR count). The first kappa shape index (κ1) is 12.4. The van der Waals surface area contributed by atoms with Gasteiger partial charge in [0.05, 0.1) is 12.7 Å². The molecule has 1 atom stereocenters. The molecule has 1 unspecified atom stereocenters. The van der Waals surface area contributed by atoms with Crippen molar-refractivity contribution in [3.05, 3.63) is 0 Å². The van der Waals surface area contributed by atoms with Crippen molar-refractivity contribution >= 4 is 5.91 Å². The molecule has 1 aliphatic carbocycles. The molecule has 1 N–H and O–H groups in total. The zero-order valence-electron chi connectivity index (χ0n) is 10.2. The van der Waals surface area contributed by atoms with E-state index in [1.807, 2.05) is 0 Å². The van der Waals surface area contributed by atoms with Gasteiger partial charge >= 0.3 is 0 Å². The number of nitrogens with zero attached hydrogens (tertiary/aromatic N) is 1. The lowest BCUT2D eigenvalue weighted by Gasteiger charge is -2.25. The molecule has 0 aromatic heterocycles. The summed E-state index contributed by atoms with van der Waals surface area (Å²) in [5.74, 6) is 0.355. The van der Waals surface area contributed by atoms with Gasteiger partial charge in [0, 0.05) is 13.2 Å². The van der Waals surface area contributed by atoms with Gasteiger partial charge < -0.3 is 10.1 Å². The molecule has 1 saturated carbocycles. The molecule has 94 valence electrons. The third-order valence-electron chi connectivity index (χ3n) is 3.91. The van der Waals surface area contributed by atoms with Crippen molar-refractivity contribution in [2.45, 2.75) is 38.5 Å². The van der Waals surface area contributed by atoms with Gasteiger partial charge in [0.1, 0.15) is 5.41 Å². The number of amides is 1. The van der Waals surface area contributed by atoms with E-state index in [2.05, 4.69) is 11.4 Å². The van der Waals surface area contributed by atoms with Crippen LogP contribution in [0.5, 0.6) is 0 Å². The van der Waals surface area contributed by atoms with E-state index in [-0.39, 0.29) is 5.91 Å². The summed E-state index contributed by atoms with van der Waals surface area (Å²) in [6, 6.07) is 2.22.